The molecule has 1 heterocycles. The molecule has 0 spiro atoms. The fourth-order valence-corrected chi connectivity index (χ4v) is 1.78. The summed E-state index contributed by atoms with van der Waals surface area (Å²) in [7, 11) is 1.21. The molecule has 4 nitrogen and oxygen atoms in total. The molecule has 1 aromatic rings. The molecule has 1 saturated heterocycles. The number of hydrogen-bond donors (Lipinski definition) is 1. The third-order valence-corrected chi connectivity index (χ3v) is 2.94. The quantitative estimate of drug-likeness (QED) is 0.773. The minimum atomic E-state index is -0.411. The van der Waals surface area contributed by atoms with Crippen LogP contribution >= 0.6 is 0 Å². The predicted octanol–water partition coefficient (Wildman–Crippen LogP) is 0.436. The minimum absolute atomic E-state index is 0.0612. The highest BCUT2D eigenvalue weighted by Gasteiger charge is 2.37. The maximum Gasteiger partial charge on any atom is 0.497 e. The molecule has 2 rings (SSSR count). The lowest BCUT2D eigenvalue weighted by Crippen LogP contribution is -2.50. The molecule has 1 aromatic carbocycles. The molecule has 0 radical (unpaired) electrons. The molecular formula is C12H17BO4. The van der Waals surface area contributed by atoms with E-state index in [4.69, 9.17) is 14.0 Å². The Morgan fingerprint density at radius 2 is 2.00 bits per heavy atom. The summed E-state index contributed by atoms with van der Waals surface area (Å²) in [5.74, 6) is 0.755. The SMILES string of the molecule is COc1ccccc1B1OCC(C)(CO)CO1. The fourth-order valence-electron chi connectivity index (χ4n) is 1.78. The lowest BCUT2D eigenvalue weighted by atomic mass is 9.75. The number of aliphatic hydroxyl groups is 1. The molecule has 0 aromatic heterocycles. The molecule has 0 bridgehead atoms. The second-order valence-corrected chi connectivity index (χ2v) is 4.66. The second-order valence-electron chi connectivity index (χ2n) is 4.66. The van der Waals surface area contributed by atoms with Crippen LogP contribution in [0.2, 0.25) is 0 Å². The first kappa shape index (κ1) is 12.4. The van der Waals surface area contributed by atoms with Crippen LogP contribution in [0.5, 0.6) is 5.75 Å². The third-order valence-electron chi connectivity index (χ3n) is 2.94. The Bertz CT molecular complexity index is 375. The summed E-state index contributed by atoms with van der Waals surface area (Å²) < 4.78 is 16.6. The molecule has 1 N–H and O–H groups in total. The first-order valence-corrected chi connectivity index (χ1v) is 5.65. The molecule has 0 aliphatic carbocycles. The molecule has 5 heteroatoms. The van der Waals surface area contributed by atoms with Crippen molar-refractivity contribution in [3.63, 3.8) is 0 Å². The lowest BCUT2D eigenvalue weighted by Gasteiger charge is -2.34. The van der Waals surface area contributed by atoms with Gasteiger partial charge in [-0.1, -0.05) is 25.1 Å². The zero-order chi connectivity index (χ0) is 12.3. The number of benzene rings is 1. The van der Waals surface area contributed by atoms with Gasteiger partial charge in [0, 0.05) is 24.1 Å². The molecule has 0 atom stereocenters. The molecular weight excluding hydrogens is 219 g/mol. The van der Waals surface area contributed by atoms with Crippen molar-refractivity contribution in [2.24, 2.45) is 5.41 Å². The van der Waals surface area contributed by atoms with Gasteiger partial charge in [-0.15, -0.1) is 0 Å². The number of para-hydroxylation sites is 1. The highest BCUT2D eigenvalue weighted by atomic mass is 16.6. The van der Waals surface area contributed by atoms with Gasteiger partial charge in [-0.2, -0.15) is 0 Å². The number of methoxy groups -OCH3 is 1. The number of aliphatic hydroxyl groups excluding tert-OH is 1. The standard InChI is InChI=1S/C12H17BO4/c1-12(7-14)8-16-13(17-9-12)10-5-3-4-6-11(10)15-2/h3-6,14H,7-9H2,1-2H3. The Morgan fingerprint density at radius 3 is 2.59 bits per heavy atom. The molecule has 0 amide bonds. The van der Waals surface area contributed by atoms with Crippen molar-refractivity contribution < 1.29 is 19.2 Å². The number of rotatable bonds is 3. The summed E-state index contributed by atoms with van der Waals surface area (Å²) in [5, 5.41) is 9.22. The molecule has 92 valence electrons. The fraction of sp³-hybridized carbons (Fsp3) is 0.500. The Morgan fingerprint density at radius 1 is 1.35 bits per heavy atom. The van der Waals surface area contributed by atoms with E-state index in [1.807, 2.05) is 31.2 Å². The molecule has 17 heavy (non-hydrogen) atoms. The van der Waals surface area contributed by atoms with Gasteiger partial charge in [-0.05, 0) is 6.07 Å². The maximum absolute atomic E-state index is 9.22. The van der Waals surface area contributed by atoms with E-state index < -0.39 is 7.12 Å². The van der Waals surface area contributed by atoms with Crippen molar-refractivity contribution in [1.29, 1.82) is 0 Å². The third kappa shape index (κ3) is 2.62. The van der Waals surface area contributed by atoms with Gasteiger partial charge >= 0.3 is 7.12 Å². The van der Waals surface area contributed by atoms with E-state index >= 15 is 0 Å². The van der Waals surface area contributed by atoms with E-state index in [2.05, 4.69) is 0 Å². The topological polar surface area (TPSA) is 47.9 Å². The van der Waals surface area contributed by atoms with Gasteiger partial charge in [-0.3, -0.25) is 0 Å². The zero-order valence-corrected chi connectivity index (χ0v) is 10.2. The zero-order valence-electron chi connectivity index (χ0n) is 10.2. The highest BCUT2D eigenvalue weighted by Crippen LogP contribution is 2.23. The molecule has 1 aliphatic rings. The van der Waals surface area contributed by atoms with Gasteiger partial charge in [0.1, 0.15) is 5.75 Å². The smallest absolute Gasteiger partial charge is 0.497 e. The average molecular weight is 236 g/mol. The molecule has 1 aliphatic heterocycles. The van der Waals surface area contributed by atoms with Gasteiger partial charge in [0.25, 0.3) is 0 Å². The predicted molar refractivity (Wildman–Crippen MR) is 65.5 cm³/mol. The van der Waals surface area contributed by atoms with E-state index in [1.165, 1.54) is 0 Å². The van der Waals surface area contributed by atoms with Crippen LogP contribution in [0.15, 0.2) is 24.3 Å². The van der Waals surface area contributed by atoms with E-state index in [9.17, 15) is 5.11 Å². The van der Waals surface area contributed by atoms with Crippen molar-refractivity contribution in [3.05, 3.63) is 24.3 Å². The van der Waals surface area contributed by atoms with E-state index in [0.29, 0.717) is 13.2 Å². The average Bonchev–Trinajstić information content (AvgIpc) is 2.40. The van der Waals surface area contributed by atoms with Gasteiger partial charge in [0.15, 0.2) is 0 Å². The van der Waals surface area contributed by atoms with Crippen molar-refractivity contribution in [2.45, 2.75) is 6.92 Å². The normalized spacial score (nSPS) is 19.1. The lowest BCUT2D eigenvalue weighted by molar-refractivity contribution is -0.0146. The van der Waals surface area contributed by atoms with E-state index in [1.54, 1.807) is 7.11 Å². The number of ether oxygens (including phenoxy) is 1. The molecule has 0 unspecified atom stereocenters. The van der Waals surface area contributed by atoms with Crippen molar-refractivity contribution in [2.75, 3.05) is 26.9 Å². The largest absolute Gasteiger partial charge is 0.497 e. The van der Waals surface area contributed by atoms with Gasteiger partial charge in [-0.25, -0.2) is 0 Å². The maximum atomic E-state index is 9.22. The van der Waals surface area contributed by atoms with Crippen molar-refractivity contribution in [1.82, 2.24) is 0 Å². The van der Waals surface area contributed by atoms with Crippen LogP contribution < -0.4 is 10.2 Å². The van der Waals surface area contributed by atoms with Gasteiger partial charge in [0.2, 0.25) is 0 Å². The Balaban J connectivity index is 2.10. The summed E-state index contributed by atoms with van der Waals surface area (Å²) >= 11 is 0. The first-order chi connectivity index (χ1) is 8.18. The van der Waals surface area contributed by atoms with Crippen LogP contribution in [0.25, 0.3) is 0 Å². The van der Waals surface area contributed by atoms with Crippen LogP contribution in [0.1, 0.15) is 6.92 Å². The van der Waals surface area contributed by atoms with Crippen LogP contribution in [-0.2, 0) is 9.31 Å². The Hall–Kier alpha value is -1.04. The molecule has 1 fully saturated rings. The highest BCUT2D eigenvalue weighted by molar-refractivity contribution is 6.62. The van der Waals surface area contributed by atoms with Crippen LogP contribution in [-0.4, -0.2) is 39.2 Å². The summed E-state index contributed by atoms with van der Waals surface area (Å²) in [6, 6.07) is 7.63. The van der Waals surface area contributed by atoms with Gasteiger partial charge < -0.3 is 19.2 Å². The van der Waals surface area contributed by atoms with Crippen molar-refractivity contribution in [3.8, 4) is 5.75 Å². The van der Waals surface area contributed by atoms with Gasteiger partial charge in [0.05, 0.1) is 13.7 Å². The minimum Gasteiger partial charge on any atom is -0.497 e. The monoisotopic (exact) mass is 236 g/mol. The Labute approximate surface area is 102 Å². The van der Waals surface area contributed by atoms with Crippen molar-refractivity contribution >= 4 is 12.6 Å². The van der Waals surface area contributed by atoms with Crippen LogP contribution in [0.4, 0.5) is 0 Å². The Kier molecular flexibility index (Phi) is 3.71. The van der Waals surface area contributed by atoms with Crippen LogP contribution in [0.3, 0.4) is 0 Å². The van der Waals surface area contributed by atoms with Crippen LogP contribution in [0, 0.1) is 5.41 Å². The number of hydrogen-bond acceptors (Lipinski definition) is 4. The second kappa shape index (κ2) is 5.08. The summed E-state index contributed by atoms with van der Waals surface area (Å²) in [6.07, 6.45) is 0. The van der Waals surface area contributed by atoms with E-state index in [-0.39, 0.29) is 12.0 Å². The molecule has 0 saturated carbocycles. The summed E-state index contributed by atoms with van der Waals surface area (Å²) in [6.45, 7) is 2.95. The summed E-state index contributed by atoms with van der Waals surface area (Å²) in [5.41, 5.74) is 0.577. The summed E-state index contributed by atoms with van der Waals surface area (Å²) in [4.78, 5) is 0. The van der Waals surface area contributed by atoms with E-state index in [0.717, 1.165) is 11.2 Å². The first-order valence-electron chi connectivity index (χ1n) is 5.65.